The summed E-state index contributed by atoms with van der Waals surface area (Å²) in [5.41, 5.74) is 6.39. The molecule has 1 rings (SSSR count). The Bertz CT molecular complexity index is 782. The van der Waals surface area contributed by atoms with Crippen molar-refractivity contribution >= 4 is 23.7 Å². The average Bonchev–Trinajstić information content (AvgIpc) is 2.74. The topological polar surface area (TPSA) is 151 Å². The van der Waals surface area contributed by atoms with E-state index in [0.29, 0.717) is 6.42 Å². The molecule has 0 aliphatic rings. The van der Waals surface area contributed by atoms with Crippen LogP contribution >= 0.6 is 0 Å². The van der Waals surface area contributed by atoms with E-state index in [-0.39, 0.29) is 18.3 Å². The minimum atomic E-state index is -1.14. The van der Waals surface area contributed by atoms with Gasteiger partial charge in [0, 0.05) is 6.42 Å². The zero-order valence-electron chi connectivity index (χ0n) is 19.4. The summed E-state index contributed by atoms with van der Waals surface area (Å²) in [6.45, 7) is 8.62. The third-order valence-electron chi connectivity index (χ3n) is 5.35. The van der Waals surface area contributed by atoms with Crippen LogP contribution in [-0.4, -0.2) is 53.0 Å². The van der Waals surface area contributed by atoms with Crippen LogP contribution in [0.1, 0.15) is 46.6 Å². The highest BCUT2D eigenvalue weighted by molar-refractivity contribution is 5.94. The highest BCUT2D eigenvalue weighted by atomic mass is 16.4. The molecule has 1 aromatic carbocycles. The summed E-state index contributed by atoms with van der Waals surface area (Å²) in [4.78, 5) is 49.7. The van der Waals surface area contributed by atoms with Crippen molar-refractivity contribution in [3.63, 3.8) is 0 Å². The van der Waals surface area contributed by atoms with Gasteiger partial charge in [-0.2, -0.15) is 0 Å². The van der Waals surface area contributed by atoms with Crippen LogP contribution in [0.15, 0.2) is 30.3 Å². The molecule has 5 atom stereocenters. The fraction of sp³-hybridized carbons (Fsp3) is 0.565. The number of carboxylic acid groups (broad SMARTS) is 1. The second-order valence-electron chi connectivity index (χ2n) is 8.48. The summed E-state index contributed by atoms with van der Waals surface area (Å²) in [5.74, 6) is -3.31. The lowest BCUT2D eigenvalue weighted by molar-refractivity contribution is -0.143. The van der Waals surface area contributed by atoms with Gasteiger partial charge >= 0.3 is 5.97 Å². The van der Waals surface area contributed by atoms with Crippen molar-refractivity contribution in [3.8, 4) is 0 Å². The maximum absolute atomic E-state index is 13.0. The van der Waals surface area contributed by atoms with Gasteiger partial charge in [-0.05, 0) is 24.3 Å². The summed E-state index contributed by atoms with van der Waals surface area (Å²) in [7, 11) is 0. The molecule has 1 aromatic rings. The highest BCUT2D eigenvalue weighted by Gasteiger charge is 2.32. The van der Waals surface area contributed by atoms with Crippen molar-refractivity contribution in [3.05, 3.63) is 35.9 Å². The summed E-state index contributed by atoms with van der Waals surface area (Å²) >= 11 is 0. The number of carbonyl (C=O) groups is 4. The number of carbonyl (C=O) groups excluding carboxylic acids is 3. The van der Waals surface area contributed by atoms with Crippen molar-refractivity contribution in [1.82, 2.24) is 16.0 Å². The van der Waals surface area contributed by atoms with E-state index in [0.717, 1.165) is 5.56 Å². The van der Waals surface area contributed by atoms with E-state index in [2.05, 4.69) is 16.0 Å². The van der Waals surface area contributed by atoms with Crippen LogP contribution < -0.4 is 21.7 Å². The van der Waals surface area contributed by atoms with Gasteiger partial charge in [-0.1, -0.05) is 64.4 Å². The molecule has 0 fully saturated rings. The maximum atomic E-state index is 13.0. The fourth-order valence-electron chi connectivity index (χ4n) is 3.08. The van der Waals surface area contributed by atoms with Crippen LogP contribution in [-0.2, 0) is 25.6 Å². The van der Waals surface area contributed by atoms with Crippen LogP contribution in [0, 0.1) is 11.8 Å². The number of benzene rings is 1. The van der Waals surface area contributed by atoms with Crippen molar-refractivity contribution in [2.75, 3.05) is 0 Å². The molecule has 178 valence electrons. The molecular formula is C23H36N4O5. The average molecular weight is 449 g/mol. The molecule has 0 aromatic heterocycles. The Kier molecular flexibility index (Phi) is 10.8. The van der Waals surface area contributed by atoms with Crippen LogP contribution in [0.3, 0.4) is 0 Å². The number of amides is 3. The molecule has 0 heterocycles. The fourth-order valence-corrected chi connectivity index (χ4v) is 3.08. The second kappa shape index (κ2) is 12.8. The zero-order chi connectivity index (χ0) is 24.4. The molecule has 0 spiro atoms. The first kappa shape index (κ1) is 27.1. The van der Waals surface area contributed by atoms with Gasteiger partial charge in [-0.3, -0.25) is 14.4 Å². The maximum Gasteiger partial charge on any atom is 0.326 e. The predicted molar refractivity (Wildman–Crippen MR) is 122 cm³/mol. The number of nitrogens with one attached hydrogen (secondary N) is 3. The third-order valence-corrected chi connectivity index (χ3v) is 5.35. The van der Waals surface area contributed by atoms with Crippen molar-refractivity contribution in [1.29, 1.82) is 0 Å². The molecular weight excluding hydrogens is 412 g/mol. The van der Waals surface area contributed by atoms with Crippen LogP contribution in [0.5, 0.6) is 0 Å². The van der Waals surface area contributed by atoms with Crippen molar-refractivity contribution in [2.24, 2.45) is 17.6 Å². The van der Waals surface area contributed by atoms with Gasteiger partial charge in [0.15, 0.2) is 0 Å². The number of aliphatic carboxylic acids is 1. The lowest BCUT2D eigenvalue weighted by atomic mass is 9.97. The first-order valence-corrected chi connectivity index (χ1v) is 10.9. The Morgan fingerprint density at radius 2 is 1.44 bits per heavy atom. The quantitative estimate of drug-likeness (QED) is 0.319. The molecule has 0 saturated carbocycles. The molecule has 6 N–H and O–H groups in total. The van der Waals surface area contributed by atoms with E-state index in [9.17, 15) is 24.3 Å². The second-order valence-corrected chi connectivity index (χ2v) is 8.48. The minimum absolute atomic E-state index is 0.164. The molecule has 0 radical (unpaired) electrons. The monoisotopic (exact) mass is 448 g/mol. The van der Waals surface area contributed by atoms with E-state index in [4.69, 9.17) is 5.73 Å². The lowest BCUT2D eigenvalue weighted by Gasteiger charge is -2.27. The molecule has 9 nitrogen and oxygen atoms in total. The standard InChI is InChI=1S/C23H36N4O5/c1-6-14(4)19(23(31)32)27-21(29)17(12-16-10-8-7-9-11-16)25-22(30)18(13(2)3)26-20(28)15(5)24/h7-11,13-15,17-19H,6,12,24H2,1-5H3,(H,25,30)(H,26,28)(H,27,29)(H,31,32). The molecule has 0 aliphatic carbocycles. The van der Waals surface area contributed by atoms with Crippen LogP contribution in [0.2, 0.25) is 0 Å². The SMILES string of the molecule is CCC(C)C(NC(=O)C(Cc1ccccc1)NC(=O)C(NC(=O)C(C)N)C(C)C)C(=O)O. The zero-order valence-corrected chi connectivity index (χ0v) is 19.4. The Labute approximate surface area is 189 Å². The first-order valence-electron chi connectivity index (χ1n) is 10.9. The number of nitrogens with two attached hydrogens (primary N) is 1. The van der Waals surface area contributed by atoms with E-state index < -0.39 is 47.9 Å². The van der Waals surface area contributed by atoms with Gasteiger partial charge in [-0.15, -0.1) is 0 Å². The number of hydrogen-bond acceptors (Lipinski definition) is 5. The van der Waals surface area contributed by atoms with Gasteiger partial charge < -0.3 is 26.8 Å². The van der Waals surface area contributed by atoms with Crippen LogP contribution in [0.4, 0.5) is 0 Å². The van der Waals surface area contributed by atoms with Crippen molar-refractivity contribution in [2.45, 2.75) is 71.6 Å². The normalized spacial score (nSPS) is 15.7. The Hall–Kier alpha value is -2.94. The molecule has 32 heavy (non-hydrogen) atoms. The lowest BCUT2D eigenvalue weighted by Crippen LogP contribution is -2.59. The molecule has 0 aliphatic heterocycles. The number of hydrogen-bond donors (Lipinski definition) is 5. The van der Waals surface area contributed by atoms with Gasteiger partial charge in [0.1, 0.15) is 18.1 Å². The van der Waals surface area contributed by atoms with E-state index in [1.165, 1.54) is 6.92 Å². The van der Waals surface area contributed by atoms with Gasteiger partial charge in [0.25, 0.3) is 0 Å². The van der Waals surface area contributed by atoms with E-state index in [1.807, 2.05) is 37.3 Å². The first-order chi connectivity index (χ1) is 15.0. The Morgan fingerprint density at radius 3 is 1.91 bits per heavy atom. The smallest absolute Gasteiger partial charge is 0.326 e. The minimum Gasteiger partial charge on any atom is -0.480 e. The summed E-state index contributed by atoms with van der Waals surface area (Å²) in [6.07, 6.45) is 0.725. The van der Waals surface area contributed by atoms with Gasteiger partial charge in [-0.25, -0.2) is 4.79 Å². The number of rotatable bonds is 12. The van der Waals surface area contributed by atoms with Crippen LogP contribution in [0.25, 0.3) is 0 Å². The largest absolute Gasteiger partial charge is 0.480 e. The Balaban J connectivity index is 3.11. The molecule has 0 saturated heterocycles. The predicted octanol–water partition coefficient (Wildman–Crippen LogP) is 0.817. The molecule has 0 bridgehead atoms. The molecule has 3 amide bonds. The summed E-state index contributed by atoms with van der Waals surface area (Å²) < 4.78 is 0. The van der Waals surface area contributed by atoms with E-state index in [1.54, 1.807) is 20.8 Å². The summed E-state index contributed by atoms with van der Waals surface area (Å²) in [6, 6.07) is 5.28. The van der Waals surface area contributed by atoms with Crippen molar-refractivity contribution < 1.29 is 24.3 Å². The van der Waals surface area contributed by atoms with Gasteiger partial charge in [0.05, 0.1) is 6.04 Å². The van der Waals surface area contributed by atoms with E-state index >= 15 is 0 Å². The number of carboxylic acids is 1. The molecule has 9 heteroatoms. The highest BCUT2D eigenvalue weighted by Crippen LogP contribution is 2.11. The van der Waals surface area contributed by atoms with Gasteiger partial charge in [0.2, 0.25) is 17.7 Å². The Morgan fingerprint density at radius 1 is 0.875 bits per heavy atom. The summed E-state index contributed by atoms with van der Waals surface area (Å²) in [5, 5.41) is 17.4. The third kappa shape index (κ3) is 8.30. The molecule has 5 unspecified atom stereocenters.